The lowest BCUT2D eigenvalue weighted by Gasteiger charge is -2.20. The first kappa shape index (κ1) is 15.9. The fraction of sp³-hybridized carbons (Fsp3) is 0.500. The maximum atomic E-state index is 12.3. The highest BCUT2D eigenvalue weighted by molar-refractivity contribution is 7.91. The first-order valence-corrected chi connectivity index (χ1v) is 6.99. The van der Waals surface area contributed by atoms with E-state index in [1.807, 2.05) is 0 Å². The molecular formula is C8H9F3N2O4S2. The molecule has 0 aliphatic heterocycles. The van der Waals surface area contributed by atoms with E-state index in [1.165, 1.54) is 6.92 Å². The zero-order valence-electron chi connectivity index (χ0n) is 9.51. The second-order valence-corrected chi connectivity index (χ2v) is 6.88. The molecule has 6 nitrogen and oxygen atoms in total. The molecule has 1 aromatic heterocycles. The van der Waals surface area contributed by atoms with E-state index in [2.05, 4.69) is 4.98 Å². The van der Waals surface area contributed by atoms with Gasteiger partial charge in [-0.2, -0.15) is 17.5 Å². The number of thiazole rings is 1. The van der Waals surface area contributed by atoms with Crippen molar-refractivity contribution in [2.24, 2.45) is 0 Å². The number of aryl methyl sites for hydroxylation is 1. The van der Waals surface area contributed by atoms with Gasteiger partial charge in [0.05, 0.1) is 11.2 Å². The van der Waals surface area contributed by atoms with Crippen LogP contribution in [-0.2, 0) is 14.8 Å². The number of aliphatic carboxylic acids is 1. The number of halogens is 3. The molecule has 1 heterocycles. The molecular weight excluding hydrogens is 309 g/mol. The molecule has 0 radical (unpaired) electrons. The van der Waals surface area contributed by atoms with Crippen LogP contribution < -0.4 is 0 Å². The zero-order chi connectivity index (χ0) is 14.8. The summed E-state index contributed by atoms with van der Waals surface area (Å²) in [6, 6.07) is 0. The van der Waals surface area contributed by atoms with Crippen LogP contribution in [0.15, 0.2) is 10.4 Å². The Labute approximate surface area is 110 Å². The summed E-state index contributed by atoms with van der Waals surface area (Å²) in [6.07, 6.45) is -3.93. The highest BCUT2D eigenvalue weighted by Gasteiger charge is 2.38. The lowest BCUT2D eigenvalue weighted by Crippen LogP contribution is -2.41. The van der Waals surface area contributed by atoms with E-state index < -0.39 is 39.5 Å². The molecule has 0 aromatic carbocycles. The van der Waals surface area contributed by atoms with Gasteiger partial charge < -0.3 is 5.11 Å². The number of hydrogen-bond acceptors (Lipinski definition) is 5. The van der Waals surface area contributed by atoms with Gasteiger partial charge in [-0.05, 0) is 6.92 Å². The summed E-state index contributed by atoms with van der Waals surface area (Å²) in [7, 11) is -4.52. The van der Waals surface area contributed by atoms with Gasteiger partial charge in [0.15, 0.2) is 4.21 Å². The largest absolute Gasteiger partial charge is 0.480 e. The monoisotopic (exact) mass is 318 g/mol. The third-order valence-corrected chi connectivity index (χ3v) is 5.00. The number of rotatable bonds is 5. The molecule has 0 amide bonds. The van der Waals surface area contributed by atoms with Crippen LogP contribution in [0.4, 0.5) is 13.2 Å². The standard InChI is InChI=1S/C8H9F3N2O4S2/c1-5-12-2-7(18-5)19(16,17)13(3-6(14)15)4-8(9,10)11/h2H,3-4H2,1H3,(H,14,15). The Morgan fingerprint density at radius 3 is 2.47 bits per heavy atom. The maximum absolute atomic E-state index is 12.3. The summed E-state index contributed by atoms with van der Waals surface area (Å²) in [5.74, 6) is -1.67. The van der Waals surface area contributed by atoms with Crippen molar-refractivity contribution < 1.29 is 31.5 Å². The highest BCUT2D eigenvalue weighted by atomic mass is 32.2. The molecule has 108 valence electrons. The molecule has 1 rings (SSSR count). The number of alkyl halides is 3. The Balaban J connectivity index is 3.12. The minimum atomic E-state index is -4.83. The molecule has 0 saturated carbocycles. The number of hydrogen-bond donors (Lipinski definition) is 1. The topological polar surface area (TPSA) is 87.6 Å². The molecule has 0 saturated heterocycles. The molecule has 11 heteroatoms. The van der Waals surface area contributed by atoms with Gasteiger partial charge in [0.1, 0.15) is 13.1 Å². The number of carbonyl (C=O) groups is 1. The Kier molecular flexibility index (Phi) is 4.53. The fourth-order valence-corrected chi connectivity index (χ4v) is 3.80. The number of nitrogens with zero attached hydrogens (tertiary/aromatic N) is 2. The van der Waals surface area contributed by atoms with Crippen molar-refractivity contribution in [3.05, 3.63) is 11.2 Å². The van der Waals surface area contributed by atoms with Gasteiger partial charge in [-0.15, -0.1) is 11.3 Å². The predicted molar refractivity (Wildman–Crippen MR) is 59.3 cm³/mol. The quantitative estimate of drug-likeness (QED) is 0.878. The van der Waals surface area contributed by atoms with Gasteiger partial charge in [-0.1, -0.05) is 0 Å². The van der Waals surface area contributed by atoms with Crippen LogP contribution in [-0.4, -0.2) is 48.0 Å². The normalized spacial score (nSPS) is 12.9. The summed E-state index contributed by atoms with van der Waals surface area (Å²) in [6.45, 7) is -1.65. The average molecular weight is 318 g/mol. The van der Waals surface area contributed by atoms with Crippen LogP contribution in [0.3, 0.4) is 0 Å². The van der Waals surface area contributed by atoms with Crippen LogP contribution in [0, 0.1) is 6.92 Å². The minimum Gasteiger partial charge on any atom is -0.480 e. The average Bonchev–Trinajstić information content (AvgIpc) is 2.61. The van der Waals surface area contributed by atoms with Gasteiger partial charge in [-0.25, -0.2) is 13.4 Å². The van der Waals surface area contributed by atoms with Crippen molar-refractivity contribution in [1.29, 1.82) is 0 Å². The first-order valence-electron chi connectivity index (χ1n) is 4.73. The van der Waals surface area contributed by atoms with E-state index in [-0.39, 0.29) is 4.31 Å². The van der Waals surface area contributed by atoms with E-state index in [1.54, 1.807) is 0 Å². The molecule has 0 spiro atoms. The van der Waals surface area contributed by atoms with Gasteiger partial charge in [0.25, 0.3) is 10.0 Å². The molecule has 0 aliphatic rings. The molecule has 1 N–H and O–H groups in total. The molecule has 0 aliphatic carbocycles. The molecule has 0 fully saturated rings. The first-order chi connectivity index (χ1) is 8.52. The Hall–Kier alpha value is -1.20. The Bertz CT molecular complexity index is 567. The summed E-state index contributed by atoms with van der Waals surface area (Å²) >= 11 is 0.675. The van der Waals surface area contributed by atoms with E-state index >= 15 is 0 Å². The molecule has 0 bridgehead atoms. The van der Waals surface area contributed by atoms with Gasteiger partial charge in [0.2, 0.25) is 0 Å². The summed E-state index contributed by atoms with van der Waals surface area (Å²) in [4.78, 5) is 14.1. The van der Waals surface area contributed by atoms with Crippen molar-refractivity contribution in [3.8, 4) is 0 Å². The molecule has 1 aromatic rings. The lowest BCUT2D eigenvalue weighted by atomic mass is 10.6. The summed E-state index contributed by atoms with van der Waals surface area (Å²) in [5, 5.41) is 8.86. The third kappa shape index (κ3) is 4.44. The number of aromatic nitrogens is 1. The third-order valence-electron chi connectivity index (χ3n) is 1.86. The maximum Gasteiger partial charge on any atom is 0.402 e. The smallest absolute Gasteiger partial charge is 0.402 e. The lowest BCUT2D eigenvalue weighted by molar-refractivity contribution is -0.146. The summed E-state index contributed by atoms with van der Waals surface area (Å²) < 4.78 is 60.1. The van der Waals surface area contributed by atoms with Crippen LogP contribution in [0.5, 0.6) is 0 Å². The van der Waals surface area contributed by atoms with Crippen molar-refractivity contribution in [1.82, 2.24) is 9.29 Å². The van der Waals surface area contributed by atoms with Crippen LogP contribution in [0.1, 0.15) is 5.01 Å². The van der Waals surface area contributed by atoms with Crippen LogP contribution >= 0.6 is 11.3 Å². The Morgan fingerprint density at radius 1 is 1.53 bits per heavy atom. The highest BCUT2D eigenvalue weighted by Crippen LogP contribution is 2.25. The van der Waals surface area contributed by atoms with Crippen LogP contribution in [0.25, 0.3) is 0 Å². The van der Waals surface area contributed by atoms with Crippen LogP contribution in [0.2, 0.25) is 0 Å². The molecule has 19 heavy (non-hydrogen) atoms. The van der Waals surface area contributed by atoms with Gasteiger partial charge in [-0.3, -0.25) is 4.79 Å². The van der Waals surface area contributed by atoms with Crippen molar-refractivity contribution >= 4 is 27.3 Å². The van der Waals surface area contributed by atoms with Gasteiger partial charge in [0, 0.05) is 0 Å². The number of sulfonamides is 1. The minimum absolute atomic E-state index is 0.137. The van der Waals surface area contributed by atoms with Crippen molar-refractivity contribution in [2.45, 2.75) is 17.3 Å². The second-order valence-electron chi connectivity index (χ2n) is 3.48. The van der Waals surface area contributed by atoms with Gasteiger partial charge >= 0.3 is 12.1 Å². The predicted octanol–water partition coefficient (Wildman–Crippen LogP) is 1.09. The van der Waals surface area contributed by atoms with Crippen molar-refractivity contribution in [3.63, 3.8) is 0 Å². The molecule has 0 unspecified atom stereocenters. The Morgan fingerprint density at radius 2 is 2.11 bits per heavy atom. The fourth-order valence-electron chi connectivity index (χ4n) is 1.17. The second kappa shape index (κ2) is 5.43. The number of carboxylic acid groups (broad SMARTS) is 1. The van der Waals surface area contributed by atoms with E-state index in [4.69, 9.17) is 5.11 Å². The molecule has 0 atom stereocenters. The van der Waals surface area contributed by atoms with E-state index in [0.29, 0.717) is 16.3 Å². The zero-order valence-corrected chi connectivity index (χ0v) is 11.1. The number of carboxylic acids is 1. The SMILES string of the molecule is Cc1ncc(S(=O)(=O)N(CC(=O)O)CC(F)(F)F)s1. The van der Waals surface area contributed by atoms with E-state index in [9.17, 15) is 26.4 Å². The summed E-state index contributed by atoms with van der Waals surface area (Å²) in [5.41, 5.74) is 0. The van der Waals surface area contributed by atoms with Crippen molar-refractivity contribution in [2.75, 3.05) is 13.1 Å². The van der Waals surface area contributed by atoms with E-state index in [0.717, 1.165) is 6.20 Å².